The lowest BCUT2D eigenvalue weighted by Crippen LogP contribution is -2.32. The number of unbranched alkanes of at least 4 members (excludes halogenated alkanes) is 1. The summed E-state index contributed by atoms with van der Waals surface area (Å²) in [5.74, 6) is -0.841. The Kier molecular flexibility index (Phi) is 7.29. The topological polar surface area (TPSA) is 69.6 Å². The van der Waals surface area contributed by atoms with E-state index in [1.807, 2.05) is 24.3 Å². The van der Waals surface area contributed by atoms with Crippen LogP contribution in [0, 0.1) is 0 Å². The zero-order valence-corrected chi connectivity index (χ0v) is 12.8. The second kappa shape index (κ2) is 9.00. The molecule has 0 atom stereocenters. The zero-order valence-electron chi connectivity index (χ0n) is 12.8. The molecule has 0 radical (unpaired) electrons. The number of carboxylic acid groups (broad SMARTS) is 1. The number of anilines is 1. The summed E-state index contributed by atoms with van der Waals surface area (Å²) in [6.45, 7) is 2.58. The lowest BCUT2D eigenvalue weighted by molar-refractivity contribution is -0.137. The van der Waals surface area contributed by atoms with Crippen LogP contribution in [0.3, 0.4) is 0 Å². The summed E-state index contributed by atoms with van der Waals surface area (Å²) in [6.07, 6.45) is 3.91. The molecule has 1 aromatic rings. The molecule has 0 bridgehead atoms. The smallest absolute Gasteiger partial charge is 0.321 e. The van der Waals surface area contributed by atoms with Crippen LogP contribution in [0.5, 0.6) is 0 Å². The number of nitrogens with zero attached hydrogens (tertiary/aromatic N) is 1. The summed E-state index contributed by atoms with van der Waals surface area (Å²) in [4.78, 5) is 23.8. The Morgan fingerprint density at radius 3 is 2.43 bits per heavy atom. The van der Waals surface area contributed by atoms with Gasteiger partial charge in [0.05, 0.1) is 0 Å². The Bertz CT molecular complexity index is 457. The van der Waals surface area contributed by atoms with Crippen molar-refractivity contribution < 1.29 is 14.7 Å². The van der Waals surface area contributed by atoms with Gasteiger partial charge in [-0.1, -0.05) is 25.5 Å². The second-order valence-electron chi connectivity index (χ2n) is 5.15. The quantitative estimate of drug-likeness (QED) is 0.772. The van der Waals surface area contributed by atoms with E-state index in [0.717, 1.165) is 18.5 Å². The molecule has 0 aromatic heterocycles. The number of urea groups is 1. The van der Waals surface area contributed by atoms with Gasteiger partial charge < -0.3 is 15.3 Å². The van der Waals surface area contributed by atoms with Gasteiger partial charge in [-0.15, -0.1) is 0 Å². The first kappa shape index (κ1) is 17.0. The fourth-order valence-corrected chi connectivity index (χ4v) is 1.92. The number of aliphatic carboxylic acids is 1. The molecule has 1 rings (SSSR count). The highest BCUT2D eigenvalue weighted by atomic mass is 16.4. The molecule has 2 N–H and O–H groups in total. The maximum absolute atomic E-state index is 11.9. The second-order valence-corrected chi connectivity index (χ2v) is 5.15. The van der Waals surface area contributed by atoms with E-state index in [2.05, 4.69) is 12.2 Å². The van der Waals surface area contributed by atoms with Gasteiger partial charge in [-0.2, -0.15) is 0 Å². The third-order valence-corrected chi connectivity index (χ3v) is 3.26. The SMILES string of the molecule is CCCCc1ccc(NC(=O)N(C)CCCC(=O)O)cc1. The van der Waals surface area contributed by atoms with Crippen molar-refractivity contribution in [1.29, 1.82) is 0 Å². The minimum atomic E-state index is -0.841. The van der Waals surface area contributed by atoms with Gasteiger partial charge in [-0.3, -0.25) is 4.79 Å². The van der Waals surface area contributed by atoms with Crippen molar-refractivity contribution in [3.63, 3.8) is 0 Å². The fraction of sp³-hybridized carbons (Fsp3) is 0.500. The van der Waals surface area contributed by atoms with Gasteiger partial charge in [0, 0.05) is 25.7 Å². The minimum Gasteiger partial charge on any atom is -0.481 e. The molecule has 0 aliphatic rings. The lowest BCUT2D eigenvalue weighted by Gasteiger charge is -2.17. The lowest BCUT2D eigenvalue weighted by atomic mass is 10.1. The molecular weight excluding hydrogens is 268 g/mol. The van der Waals surface area contributed by atoms with Crippen molar-refractivity contribution in [2.45, 2.75) is 39.0 Å². The monoisotopic (exact) mass is 292 g/mol. The maximum atomic E-state index is 11.9. The van der Waals surface area contributed by atoms with Gasteiger partial charge >= 0.3 is 12.0 Å². The number of benzene rings is 1. The number of hydrogen-bond donors (Lipinski definition) is 2. The summed E-state index contributed by atoms with van der Waals surface area (Å²) in [5, 5.41) is 11.4. The number of hydrogen-bond acceptors (Lipinski definition) is 2. The standard InChI is InChI=1S/C16H24N2O3/c1-3-4-6-13-8-10-14(11-9-13)17-16(21)18(2)12-5-7-15(19)20/h8-11H,3-7,12H2,1-2H3,(H,17,21)(H,19,20). The molecule has 21 heavy (non-hydrogen) atoms. The van der Waals surface area contributed by atoms with Gasteiger partial charge in [0.2, 0.25) is 0 Å². The highest BCUT2D eigenvalue weighted by molar-refractivity contribution is 5.89. The van der Waals surface area contributed by atoms with E-state index in [-0.39, 0.29) is 12.5 Å². The van der Waals surface area contributed by atoms with E-state index in [9.17, 15) is 9.59 Å². The summed E-state index contributed by atoms with van der Waals surface area (Å²) in [6, 6.07) is 7.62. The summed E-state index contributed by atoms with van der Waals surface area (Å²) >= 11 is 0. The summed E-state index contributed by atoms with van der Waals surface area (Å²) in [7, 11) is 1.66. The van der Waals surface area contributed by atoms with E-state index >= 15 is 0 Å². The highest BCUT2D eigenvalue weighted by Gasteiger charge is 2.09. The molecule has 0 aliphatic carbocycles. The number of aryl methyl sites for hydroxylation is 1. The van der Waals surface area contributed by atoms with E-state index in [1.165, 1.54) is 16.9 Å². The van der Waals surface area contributed by atoms with Gasteiger partial charge in [0.25, 0.3) is 0 Å². The van der Waals surface area contributed by atoms with Crippen molar-refractivity contribution >= 4 is 17.7 Å². The molecule has 0 fully saturated rings. The third kappa shape index (κ3) is 6.79. The van der Waals surface area contributed by atoms with Crippen LogP contribution >= 0.6 is 0 Å². The van der Waals surface area contributed by atoms with Crippen LogP contribution in [-0.2, 0) is 11.2 Å². The first-order valence-corrected chi connectivity index (χ1v) is 7.35. The summed E-state index contributed by atoms with van der Waals surface area (Å²) < 4.78 is 0. The van der Waals surface area contributed by atoms with Gasteiger partial charge in [-0.05, 0) is 37.0 Å². The van der Waals surface area contributed by atoms with Crippen LogP contribution in [0.1, 0.15) is 38.2 Å². The molecule has 0 heterocycles. The van der Waals surface area contributed by atoms with E-state index in [0.29, 0.717) is 13.0 Å². The van der Waals surface area contributed by atoms with Crippen LogP contribution in [0.25, 0.3) is 0 Å². The van der Waals surface area contributed by atoms with Crippen LogP contribution in [0.15, 0.2) is 24.3 Å². The number of carboxylic acids is 1. The molecule has 0 aliphatic heterocycles. The Balaban J connectivity index is 2.41. The number of rotatable bonds is 8. The number of amides is 2. The van der Waals surface area contributed by atoms with Gasteiger partial charge in [0.1, 0.15) is 0 Å². The minimum absolute atomic E-state index is 0.0732. The van der Waals surface area contributed by atoms with Crippen LogP contribution < -0.4 is 5.32 Å². The highest BCUT2D eigenvalue weighted by Crippen LogP contribution is 2.12. The van der Waals surface area contributed by atoms with Gasteiger partial charge in [0.15, 0.2) is 0 Å². The van der Waals surface area contributed by atoms with E-state index < -0.39 is 5.97 Å². The number of carbonyl (C=O) groups is 2. The third-order valence-electron chi connectivity index (χ3n) is 3.26. The normalized spacial score (nSPS) is 10.2. The first-order valence-electron chi connectivity index (χ1n) is 7.35. The predicted molar refractivity (Wildman–Crippen MR) is 83.6 cm³/mol. The van der Waals surface area contributed by atoms with Crippen LogP contribution in [-0.4, -0.2) is 35.6 Å². The number of carbonyl (C=O) groups excluding carboxylic acids is 1. The van der Waals surface area contributed by atoms with Crippen LogP contribution in [0.2, 0.25) is 0 Å². The largest absolute Gasteiger partial charge is 0.481 e. The molecular formula is C16H24N2O3. The van der Waals surface area contributed by atoms with Crippen LogP contribution in [0.4, 0.5) is 10.5 Å². The van der Waals surface area contributed by atoms with Crippen molar-refractivity contribution in [2.75, 3.05) is 18.9 Å². The molecule has 0 saturated heterocycles. The van der Waals surface area contributed by atoms with Gasteiger partial charge in [-0.25, -0.2) is 4.79 Å². The average molecular weight is 292 g/mol. The maximum Gasteiger partial charge on any atom is 0.321 e. The average Bonchev–Trinajstić information content (AvgIpc) is 2.46. The Morgan fingerprint density at radius 2 is 1.86 bits per heavy atom. The zero-order chi connectivity index (χ0) is 15.7. The molecule has 5 heteroatoms. The number of nitrogens with one attached hydrogen (secondary N) is 1. The molecule has 0 unspecified atom stereocenters. The molecule has 0 spiro atoms. The van der Waals surface area contributed by atoms with Crippen molar-refractivity contribution in [2.24, 2.45) is 0 Å². The summed E-state index contributed by atoms with van der Waals surface area (Å²) in [5.41, 5.74) is 2.02. The molecule has 2 amide bonds. The molecule has 0 saturated carbocycles. The van der Waals surface area contributed by atoms with Crippen molar-refractivity contribution in [3.8, 4) is 0 Å². The first-order chi connectivity index (χ1) is 10.0. The molecule has 5 nitrogen and oxygen atoms in total. The molecule has 1 aromatic carbocycles. The van der Waals surface area contributed by atoms with Crippen molar-refractivity contribution in [3.05, 3.63) is 29.8 Å². The Labute approximate surface area is 126 Å². The van der Waals surface area contributed by atoms with E-state index in [1.54, 1.807) is 7.05 Å². The van der Waals surface area contributed by atoms with E-state index in [4.69, 9.17) is 5.11 Å². The molecule has 116 valence electrons. The van der Waals surface area contributed by atoms with Crippen molar-refractivity contribution in [1.82, 2.24) is 4.90 Å². The fourth-order valence-electron chi connectivity index (χ4n) is 1.92. The Morgan fingerprint density at radius 1 is 1.19 bits per heavy atom. The Hall–Kier alpha value is -2.04. The predicted octanol–water partition coefficient (Wildman–Crippen LogP) is 3.36.